The molecule has 3 N–H and O–H groups in total. The van der Waals surface area contributed by atoms with E-state index >= 15 is 0 Å². The highest BCUT2D eigenvalue weighted by atomic mass is 19.1. The number of hydrogen-bond donors (Lipinski definition) is 2. The smallest absolute Gasteiger partial charge is 0.311 e. The zero-order valence-corrected chi connectivity index (χ0v) is 19.1. The zero-order valence-electron chi connectivity index (χ0n) is 19.1. The molecule has 1 fully saturated rings. The lowest BCUT2D eigenvalue weighted by Crippen LogP contribution is -2.40. The first kappa shape index (κ1) is 24.9. The summed E-state index contributed by atoms with van der Waals surface area (Å²) in [5, 5.41) is 9.72. The molecule has 180 valence electrons. The first-order valence-corrected chi connectivity index (χ1v) is 10.9. The van der Waals surface area contributed by atoms with Crippen molar-refractivity contribution in [2.24, 2.45) is 16.1 Å². The van der Waals surface area contributed by atoms with Crippen molar-refractivity contribution in [3.05, 3.63) is 59.6 Å². The van der Waals surface area contributed by atoms with Crippen molar-refractivity contribution in [3.8, 4) is 0 Å². The Kier molecular flexibility index (Phi) is 7.70. The highest BCUT2D eigenvalue weighted by Gasteiger charge is 2.42. The summed E-state index contributed by atoms with van der Waals surface area (Å²) in [5.41, 5.74) is 5.38. The van der Waals surface area contributed by atoms with Crippen LogP contribution in [0.15, 0.2) is 41.5 Å². The first-order valence-electron chi connectivity index (χ1n) is 10.9. The Morgan fingerprint density at radius 2 is 1.91 bits per heavy atom. The number of carboxylic acid groups (broad SMARTS) is 1. The Bertz CT molecular complexity index is 1140. The molecule has 1 saturated carbocycles. The van der Waals surface area contributed by atoms with Crippen molar-refractivity contribution < 1.29 is 23.5 Å². The van der Waals surface area contributed by atoms with Crippen molar-refractivity contribution in [3.63, 3.8) is 0 Å². The quantitative estimate of drug-likeness (QED) is 0.538. The fraction of sp³-hybridized carbons (Fsp3) is 0.375. The monoisotopic (exact) mass is 471 g/mol. The maximum absolute atomic E-state index is 14.5. The average molecular weight is 472 g/mol. The number of carboxylic acids is 1. The van der Waals surface area contributed by atoms with Crippen LogP contribution < -0.4 is 10.6 Å². The van der Waals surface area contributed by atoms with E-state index in [4.69, 9.17) is 5.73 Å². The van der Waals surface area contributed by atoms with Gasteiger partial charge in [-0.2, -0.15) is 0 Å². The number of nitrogens with two attached hydrogens (primary N) is 1. The van der Waals surface area contributed by atoms with Gasteiger partial charge in [-0.15, -0.1) is 0 Å². The van der Waals surface area contributed by atoms with Crippen LogP contribution in [-0.2, 0) is 16.1 Å². The van der Waals surface area contributed by atoms with E-state index in [0.717, 1.165) is 19.0 Å². The number of aromatic nitrogens is 2. The molecule has 2 aromatic rings. The van der Waals surface area contributed by atoms with Gasteiger partial charge in [0.1, 0.15) is 11.5 Å². The summed E-state index contributed by atoms with van der Waals surface area (Å²) in [6, 6.07) is 6.07. The topological polar surface area (TPSA) is 122 Å². The van der Waals surface area contributed by atoms with Gasteiger partial charge in [0.15, 0.2) is 23.2 Å². The van der Waals surface area contributed by atoms with Gasteiger partial charge >= 0.3 is 5.97 Å². The van der Waals surface area contributed by atoms with Gasteiger partial charge in [-0.25, -0.2) is 18.7 Å². The van der Waals surface area contributed by atoms with Gasteiger partial charge in [-0.1, -0.05) is 31.0 Å². The van der Waals surface area contributed by atoms with E-state index in [2.05, 4.69) is 15.0 Å². The number of allylic oxidation sites excluding steroid dienone is 1. The van der Waals surface area contributed by atoms with E-state index in [1.807, 2.05) is 0 Å². The number of hydrogen-bond acceptors (Lipinski definition) is 7. The second kappa shape index (κ2) is 10.5. The molecule has 0 amide bonds. The van der Waals surface area contributed by atoms with Gasteiger partial charge < -0.3 is 15.7 Å². The number of nitrogens with zero attached hydrogens (tertiary/aromatic N) is 4. The van der Waals surface area contributed by atoms with Crippen molar-refractivity contribution in [2.45, 2.75) is 39.2 Å². The minimum absolute atomic E-state index is 0.0145. The first-order chi connectivity index (χ1) is 16.1. The summed E-state index contributed by atoms with van der Waals surface area (Å²) in [7, 11) is 1.56. The van der Waals surface area contributed by atoms with Crippen LogP contribution in [0.1, 0.15) is 44.0 Å². The van der Waals surface area contributed by atoms with E-state index in [1.165, 1.54) is 24.0 Å². The van der Waals surface area contributed by atoms with Crippen molar-refractivity contribution in [1.82, 2.24) is 9.97 Å². The minimum Gasteiger partial charge on any atom is -0.481 e. The van der Waals surface area contributed by atoms with Crippen LogP contribution in [0.4, 0.5) is 14.6 Å². The Morgan fingerprint density at radius 1 is 1.24 bits per heavy atom. The Morgan fingerprint density at radius 3 is 2.53 bits per heavy atom. The molecular formula is C24H27F2N5O3. The van der Waals surface area contributed by atoms with Gasteiger partial charge in [0, 0.05) is 26.1 Å². The summed E-state index contributed by atoms with van der Waals surface area (Å²) < 4.78 is 28.4. The second-order valence-corrected chi connectivity index (χ2v) is 8.46. The van der Waals surface area contributed by atoms with E-state index in [1.54, 1.807) is 25.2 Å². The van der Waals surface area contributed by atoms with Crippen molar-refractivity contribution >= 4 is 29.0 Å². The van der Waals surface area contributed by atoms with Crippen molar-refractivity contribution in [2.75, 3.05) is 18.5 Å². The van der Waals surface area contributed by atoms with E-state index < -0.39 is 28.8 Å². The fourth-order valence-corrected chi connectivity index (χ4v) is 4.05. The zero-order chi connectivity index (χ0) is 24.9. The van der Waals surface area contributed by atoms with Gasteiger partial charge in [0.25, 0.3) is 0 Å². The number of aliphatic carboxylic acids is 1. The predicted octanol–water partition coefficient (Wildman–Crippen LogP) is 3.37. The third-order valence-electron chi connectivity index (χ3n) is 5.93. The molecule has 1 aliphatic carbocycles. The number of ketones is 1. The molecule has 1 aromatic carbocycles. The van der Waals surface area contributed by atoms with Crippen molar-refractivity contribution in [1.29, 1.82) is 0 Å². The molecule has 10 heteroatoms. The molecule has 3 rings (SSSR count). The van der Waals surface area contributed by atoms with Gasteiger partial charge in [-0.3, -0.25) is 14.6 Å². The van der Waals surface area contributed by atoms with Gasteiger partial charge in [0.2, 0.25) is 0 Å². The summed E-state index contributed by atoms with van der Waals surface area (Å²) in [5.74, 6) is -2.62. The highest BCUT2D eigenvalue weighted by Crippen LogP contribution is 2.39. The van der Waals surface area contributed by atoms with E-state index in [9.17, 15) is 23.5 Å². The van der Waals surface area contributed by atoms with Gasteiger partial charge in [-0.05, 0) is 25.0 Å². The van der Waals surface area contributed by atoms with Crippen LogP contribution in [0.25, 0.3) is 5.70 Å². The van der Waals surface area contributed by atoms with Crippen LogP contribution in [0.5, 0.6) is 0 Å². The number of aliphatic imine (C=N–C) groups is 1. The number of carbonyl (C=O) groups excluding carboxylic acids is 1. The second-order valence-electron chi connectivity index (χ2n) is 8.46. The standard InChI is InChI=1S/C24H27F2N5O3/c1-15(32)20(28-12-16-7-3-4-8-17(16)25)11-19(27)21-29-13-18(26)22(30-21)31(2)14-24(23(33)34)9-5-6-10-24/h3-4,7-8,11,13H,5-6,9-10,12,14,27H2,1-2H3,(H,33,34). The SMILES string of the molecule is CC(=O)C(C=C(N)c1ncc(F)c(N(C)CC2(C(=O)O)CCCC2)n1)=NCc1ccccc1F. The molecule has 0 aliphatic heterocycles. The van der Waals surface area contributed by atoms with E-state index in [0.29, 0.717) is 18.4 Å². The third-order valence-corrected chi connectivity index (χ3v) is 5.93. The van der Waals surface area contributed by atoms with Crippen LogP contribution in [0.2, 0.25) is 0 Å². The lowest BCUT2D eigenvalue weighted by molar-refractivity contribution is -0.148. The van der Waals surface area contributed by atoms with Crippen LogP contribution in [-0.4, -0.2) is 46.1 Å². The molecule has 0 radical (unpaired) electrons. The minimum atomic E-state index is -0.963. The van der Waals surface area contributed by atoms with E-state index in [-0.39, 0.29) is 36.1 Å². The molecule has 0 bridgehead atoms. The summed E-state index contributed by atoms with van der Waals surface area (Å²) in [6.07, 6.45) is 4.82. The molecule has 1 aromatic heterocycles. The lowest BCUT2D eigenvalue weighted by atomic mass is 9.86. The number of Topliss-reactive ketones (excluding diaryl/α,β-unsaturated/α-hetero) is 1. The molecule has 0 saturated heterocycles. The van der Waals surface area contributed by atoms with Crippen LogP contribution in [0.3, 0.4) is 0 Å². The summed E-state index contributed by atoms with van der Waals surface area (Å²) in [6.45, 7) is 1.31. The molecule has 0 unspecified atom stereocenters. The number of halogens is 2. The predicted molar refractivity (Wildman–Crippen MR) is 124 cm³/mol. The molecule has 34 heavy (non-hydrogen) atoms. The van der Waals surface area contributed by atoms with Crippen LogP contribution in [0, 0.1) is 17.0 Å². The molecular weight excluding hydrogens is 444 g/mol. The summed E-state index contributed by atoms with van der Waals surface area (Å²) in [4.78, 5) is 37.6. The maximum atomic E-state index is 14.5. The number of benzene rings is 1. The lowest BCUT2D eigenvalue weighted by Gasteiger charge is -2.30. The number of carbonyl (C=O) groups is 2. The maximum Gasteiger partial charge on any atom is 0.311 e. The highest BCUT2D eigenvalue weighted by molar-refractivity contribution is 6.44. The molecule has 0 atom stereocenters. The Labute approximate surface area is 196 Å². The van der Waals surface area contributed by atoms with Crippen LogP contribution >= 0.6 is 0 Å². The fourth-order valence-electron chi connectivity index (χ4n) is 4.05. The Balaban J connectivity index is 1.86. The number of rotatable bonds is 9. The summed E-state index contributed by atoms with van der Waals surface area (Å²) >= 11 is 0. The molecule has 0 spiro atoms. The number of anilines is 1. The van der Waals surface area contributed by atoms with Gasteiger partial charge in [0.05, 0.1) is 23.9 Å². The average Bonchev–Trinajstić information content (AvgIpc) is 3.27. The molecule has 1 aliphatic rings. The largest absolute Gasteiger partial charge is 0.481 e. The third kappa shape index (κ3) is 5.62. The molecule has 8 nitrogen and oxygen atoms in total. The Hall–Kier alpha value is -3.69. The normalized spacial score (nSPS) is 15.9. The molecule has 1 heterocycles.